The molecule has 0 saturated carbocycles. The summed E-state index contributed by atoms with van der Waals surface area (Å²) in [6.07, 6.45) is 3.57. The third-order valence-electron chi connectivity index (χ3n) is 1.67. The first-order valence-electron chi connectivity index (χ1n) is 4.02. The van der Waals surface area contributed by atoms with E-state index < -0.39 is 0 Å². The molecule has 0 amide bonds. The van der Waals surface area contributed by atoms with Crippen LogP contribution in [-0.2, 0) is 0 Å². The molecule has 0 heterocycles. The second-order valence-corrected chi connectivity index (χ2v) is 2.93. The molecule has 0 spiro atoms. The lowest BCUT2D eigenvalue weighted by Gasteiger charge is -2.04. The van der Waals surface area contributed by atoms with Gasteiger partial charge in [0.25, 0.3) is 0 Å². The first kappa shape index (κ1) is 9.70. The van der Waals surface area contributed by atoms with E-state index in [1.807, 2.05) is 7.05 Å². The second kappa shape index (κ2) is 5.48. The van der Waals surface area contributed by atoms with E-state index in [1.54, 1.807) is 0 Å². The van der Waals surface area contributed by atoms with Crippen LogP contribution < -0.4 is 5.32 Å². The van der Waals surface area contributed by atoms with Crippen LogP contribution in [0.1, 0.15) is 27.2 Å². The Kier molecular flexibility index (Phi) is 5.32. The van der Waals surface area contributed by atoms with E-state index in [4.69, 9.17) is 0 Å². The van der Waals surface area contributed by atoms with Crippen molar-refractivity contribution in [1.29, 1.82) is 0 Å². The maximum atomic E-state index is 3.13. The highest BCUT2D eigenvalue weighted by molar-refractivity contribution is 5.01. The smallest absolute Gasteiger partial charge is 0.0158 e. The molecule has 60 valence electrons. The summed E-state index contributed by atoms with van der Waals surface area (Å²) in [4.78, 5) is 0. The zero-order valence-corrected chi connectivity index (χ0v) is 7.57. The van der Waals surface area contributed by atoms with Gasteiger partial charge in [0.1, 0.15) is 0 Å². The molecular formula is C9H19N. The molecule has 0 aliphatic rings. The fourth-order valence-corrected chi connectivity index (χ4v) is 0.941. The van der Waals surface area contributed by atoms with Gasteiger partial charge in [0, 0.05) is 6.54 Å². The molecular weight excluding hydrogens is 122 g/mol. The monoisotopic (exact) mass is 141 g/mol. The number of likely N-dealkylation sites (N-methyl/N-ethyl adjacent to an activating group) is 1. The highest BCUT2D eigenvalue weighted by Crippen LogP contribution is 2.05. The number of rotatable bonds is 4. The third-order valence-corrected chi connectivity index (χ3v) is 1.67. The van der Waals surface area contributed by atoms with Gasteiger partial charge in [-0.1, -0.05) is 31.9 Å². The topological polar surface area (TPSA) is 12.0 Å². The molecule has 0 aromatic heterocycles. The normalized spacial score (nSPS) is 15.4. The Hall–Kier alpha value is -0.300. The highest BCUT2D eigenvalue weighted by Gasteiger charge is 1.93. The molecule has 0 fully saturated rings. The lowest BCUT2D eigenvalue weighted by Crippen LogP contribution is -2.09. The minimum absolute atomic E-state index is 0.730. The Labute approximate surface area is 64.5 Å². The minimum Gasteiger partial charge on any atom is -0.316 e. The van der Waals surface area contributed by atoms with Crippen molar-refractivity contribution >= 4 is 0 Å². The van der Waals surface area contributed by atoms with Crippen molar-refractivity contribution in [2.24, 2.45) is 5.92 Å². The molecule has 1 heteroatoms. The minimum atomic E-state index is 0.730. The Bertz CT molecular complexity index is 105. The predicted molar refractivity (Wildman–Crippen MR) is 47.1 cm³/mol. The molecule has 0 bridgehead atoms. The summed E-state index contributed by atoms with van der Waals surface area (Å²) >= 11 is 0. The van der Waals surface area contributed by atoms with Gasteiger partial charge in [-0.15, -0.1) is 0 Å². The Morgan fingerprint density at radius 3 is 2.60 bits per heavy atom. The van der Waals surface area contributed by atoms with Gasteiger partial charge in [-0.05, 0) is 19.9 Å². The molecule has 1 unspecified atom stereocenters. The quantitative estimate of drug-likeness (QED) is 0.592. The average molecular weight is 141 g/mol. The largest absolute Gasteiger partial charge is 0.316 e. The number of hydrogen-bond acceptors (Lipinski definition) is 1. The first-order chi connectivity index (χ1) is 4.70. The predicted octanol–water partition coefficient (Wildman–Crippen LogP) is 2.20. The maximum Gasteiger partial charge on any atom is 0.0158 e. The van der Waals surface area contributed by atoms with Crippen LogP contribution in [0.3, 0.4) is 0 Å². The van der Waals surface area contributed by atoms with Crippen LogP contribution >= 0.6 is 0 Å². The van der Waals surface area contributed by atoms with Crippen LogP contribution in [0, 0.1) is 5.92 Å². The van der Waals surface area contributed by atoms with Crippen molar-refractivity contribution < 1.29 is 0 Å². The van der Waals surface area contributed by atoms with Crippen LogP contribution in [0.2, 0.25) is 0 Å². The maximum absolute atomic E-state index is 3.13. The lowest BCUT2D eigenvalue weighted by molar-refractivity contribution is 0.687. The van der Waals surface area contributed by atoms with Crippen LogP contribution in [0.25, 0.3) is 0 Å². The standard InChI is InChI=1S/C9H19N/c1-5-8(2)6-9(3)7-10-4/h6,8,10H,5,7H2,1-4H3. The third kappa shape index (κ3) is 4.57. The van der Waals surface area contributed by atoms with Crippen LogP contribution in [0.4, 0.5) is 0 Å². The average Bonchev–Trinajstić information content (AvgIpc) is 1.88. The van der Waals surface area contributed by atoms with Gasteiger partial charge < -0.3 is 5.32 Å². The number of hydrogen-bond donors (Lipinski definition) is 1. The van der Waals surface area contributed by atoms with E-state index >= 15 is 0 Å². The van der Waals surface area contributed by atoms with Crippen molar-refractivity contribution in [1.82, 2.24) is 5.32 Å². The van der Waals surface area contributed by atoms with E-state index in [9.17, 15) is 0 Å². The molecule has 10 heavy (non-hydrogen) atoms. The van der Waals surface area contributed by atoms with E-state index in [1.165, 1.54) is 12.0 Å². The van der Waals surface area contributed by atoms with E-state index in [0.29, 0.717) is 0 Å². The summed E-state index contributed by atoms with van der Waals surface area (Å²) in [5.74, 6) is 0.730. The Morgan fingerprint density at radius 1 is 1.60 bits per heavy atom. The molecule has 0 rings (SSSR count). The molecule has 0 aromatic rings. The highest BCUT2D eigenvalue weighted by atomic mass is 14.8. The van der Waals surface area contributed by atoms with E-state index in [-0.39, 0.29) is 0 Å². The summed E-state index contributed by atoms with van der Waals surface area (Å²) in [7, 11) is 1.98. The van der Waals surface area contributed by atoms with Gasteiger partial charge >= 0.3 is 0 Å². The van der Waals surface area contributed by atoms with Gasteiger partial charge in [-0.25, -0.2) is 0 Å². The number of allylic oxidation sites excluding steroid dienone is 1. The van der Waals surface area contributed by atoms with Gasteiger partial charge in [0.05, 0.1) is 0 Å². The fourth-order valence-electron chi connectivity index (χ4n) is 0.941. The SMILES string of the molecule is CCC(C)C=C(C)CNC. The van der Waals surface area contributed by atoms with Gasteiger partial charge in [0.2, 0.25) is 0 Å². The van der Waals surface area contributed by atoms with Crippen molar-refractivity contribution in [3.05, 3.63) is 11.6 Å². The van der Waals surface area contributed by atoms with Gasteiger partial charge in [0.15, 0.2) is 0 Å². The van der Waals surface area contributed by atoms with Crippen LogP contribution in [0.15, 0.2) is 11.6 Å². The zero-order chi connectivity index (χ0) is 7.98. The Morgan fingerprint density at radius 2 is 2.20 bits per heavy atom. The molecule has 0 radical (unpaired) electrons. The molecule has 0 saturated heterocycles. The molecule has 0 aromatic carbocycles. The summed E-state index contributed by atoms with van der Waals surface area (Å²) in [5, 5.41) is 3.13. The molecule has 1 nitrogen and oxygen atoms in total. The summed E-state index contributed by atoms with van der Waals surface area (Å²) in [5.41, 5.74) is 1.44. The van der Waals surface area contributed by atoms with Crippen molar-refractivity contribution in [2.45, 2.75) is 27.2 Å². The lowest BCUT2D eigenvalue weighted by atomic mass is 10.1. The number of nitrogens with one attached hydrogen (secondary N) is 1. The van der Waals surface area contributed by atoms with E-state index in [2.05, 4.69) is 32.2 Å². The van der Waals surface area contributed by atoms with E-state index in [0.717, 1.165) is 12.5 Å². The molecule has 0 aliphatic carbocycles. The molecule has 1 atom stereocenters. The van der Waals surface area contributed by atoms with Crippen molar-refractivity contribution in [2.75, 3.05) is 13.6 Å². The van der Waals surface area contributed by atoms with Crippen molar-refractivity contribution in [3.8, 4) is 0 Å². The zero-order valence-electron chi connectivity index (χ0n) is 7.57. The first-order valence-corrected chi connectivity index (χ1v) is 4.02. The van der Waals surface area contributed by atoms with Gasteiger partial charge in [-0.3, -0.25) is 0 Å². The fraction of sp³-hybridized carbons (Fsp3) is 0.778. The van der Waals surface area contributed by atoms with Crippen molar-refractivity contribution in [3.63, 3.8) is 0 Å². The van der Waals surface area contributed by atoms with Gasteiger partial charge in [-0.2, -0.15) is 0 Å². The van der Waals surface area contributed by atoms with Crippen LogP contribution in [-0.4, -0.2) is 13.6 Å². The summed E-state index contributed by atoms with van der Waals surface area (Å²) in [6, 6.07) is 0. The Balaban J connectivity index is 3.65. The summed E-state index contributed by atoms with van der Waals surface area (Å²) < 4.78 is 0. The second-order valence-electron chi connectivity index (χ2n) is 2.93. The molecule has 1 N–H and O–H groups in total. The summed E-state index contributed by atoms with van der Waals surface area (Å²) in [6.45, 7) is 7.65. The van der Waals surface area contributed by atoms with Crippen LogP contribution in [0.5, 0.6) is 0 Å². The molecule has 0 aliphatic heterocycles.